The summed E-state index contributed by atoms with van der Waals surface area (Å²) in [7, 11) is 2.13. The monoisotopic (exact) mass is 441 g/mol. The average Bonchev–Trinajstić information content (AvgIpc) is 3.07. The minimum Gasteiger partial charge on any atom is -0.444 e. The van der Waals surface area contributed by atoms with Crippen LogP contribution in [0.1, 0.15) is 34.1 Å². The zero-order valence-corrected chi connectivity index (χ0v) is 19.8. The summed E-state index contributed by atoms with van der Waals surface area (Å²) in [5.74, 6) is 1.62. The molecule has 32 heavy (non-hydrogen) atoms. The largest absolute Gasteiger partial charge is 0.444 e. The van der Waals surface area contributed by atoms with Crippen LogP contribution in [-0.4, -0.2) is 78.4 Å². The molecule has 0 aliphatic carbocycles. The maximum atomic E-state index is 12.4. The van der Waals surface area contributed by atoms with E-state index in [1.807, 2.05) is 39.0 Å². The number of hydrogen-bond donors (Lipinski definition) is 2. The number of carbonyl (C=O) groups is 1. The zero-order chi connectivity index (χ0) is 23.1. The number of ether oxygens (including phenoxy) is 1. The number of aromatic nitrogens is 2. The predicted octanol–water partition coefficient (Wildman–Crippen LogP) is 2.46. The highest BCUT2D eigenvalue weighted by Crippen LogP contribution is 2.33. The zero-order valence-electron chi connectivity index (χ0n) is 19.8. The number of nitrogen functional groups attached to an aromatic ring is 1. The molecule has 2 aliphatic heterocycles. The molecule has 0 bridgehead atoms. The number of piperazine rings is 1. The molecule has 1 aromatic heterocycles. The van der Waals surface area contributed by atoms with Crippen LogP contribution in [0.2, 0.25) is 0 Å². The van der Waals surface area contributed by atoms with Gasteiger partial charge in [0.05, 0.1) is 11.1 Å². The molecule has 0 spiro atoms. The molecule has 3 heterocycles. The van der Waals surface area contributed by atoms with Gasteiger partial charge in [-0.25, -0.2) is 9.78 Å². The van der Waals surface area contributed by atoms with E-state index in [0.29, 0.717) is 12.2 Å². The lowest BCUT2D eigenvalue weighted by molar-refractivity contribution is 0.0473. The Labute approximate surface area is 189 Å². The van der Waals surface area contributed by atoms with Gasteiger partial charge in [-0.3, -0.25) is 0 Å². The highest BCUT2D eigenvalue weighted by Gasteiger charge is 2.38. The van der Waals surface area contributed by atoms with E-state index in [1.165, 1.54) is 0 Å². The van der Waals surface area contributed by atoms with Gasteiger partial charge in [-0.2, -0.15) is 4.98 Å². The molecule has 2 saturated heterocycles. The van der Waals surface area contributed by atoms with E-state index in [2.05, 4.69) is 34.0 Å². The van der Waals surface area contributed by atoms with Crippen molar-refractivity contribution < 1.29 is 9.53 Å². The van der Waals surface area contributed by atoms with Gasteiger partial charge < -0.3 is 30.5 Å². The van der Waals surface area contributed by atoms with Crippen LogP contribution in [0.5, 0.6) is 0 Å². The Morgan fingerprint density at radius 3 is 2.53 bits per heavy atom. The molecular formula is C23H35N7O2. The Balaban J connectivity index is 1.61. The van der Waals surface area contributed by atoms with Gasteiger partial charge in [0.15, 0.2) is 0 Å². The molecule has 1 atom stereocenters. The Kier molecular flexibility index (Phi) is 5.79. The molecule has 0 radical (unpaired) electrons. The van der Waals surface area contributed by atoms with Gasteiger partial charge in [0.2, 0.25) is 5.95 Å². The number of alkyl carbamates (subject to hydrolysis) is 1. The second-order valence-corrected chi connectivity index (χ2v) is 10.3. The minimum absolute atomic E-state index is 0.389. The van der Waals surface area contributed by atoms with E-state index < -0.39 is 11.1 Å². The number of nitrogens with zero attached hydrogens (tertiary/aromatic N) is 5. The van der Waals surface area contributed by atoms with Crippen molar-refractivity contribution >= 4 is 34.4 Å². The van der Waals surface area contributed by atoms with Crippen LogP contribution in [0, 0.1) is 0 Å². The van der Waals surface area contributed by atoms with Crippen LogP contribution in [-0.2, 0) is 4.74 Å². The van der Waals surface area contributed by atoms with Crippen molar-refractivity contribution in [3.8, 4) is 0 Å². The number of carbonyl (C=O) groups excluding carboxylic acids is 1. The molecule has 0 saturated carbocycles. The summed E-state index contributed by atoms with van der Waals surface area (Å²) < 4.78 is 5.48. The number of benzene rings is 1. The Morgan fingerprint density at radius 2 is 1.84 bits per heavy atom. The summed E-state index contributed by atoms with van der Waals surface area (Å²) in [5, 5.41) is 4.04. The number of amides is 1. The molecule has 1 amide bonds. The summed E-state index contributed by atoms with van der Waals surface area (Å²) in [6, 6.07) is 5.79. The predicted molar refractivity (Wildman–Crippen MR) is 128 cm³/mol. The van der Waals surface area contributed by atoms with Crippen molar-refractivity contribution in [2.45, 2.75) is 45.3 Å². The third kappa shape index (κ3) is 4.98. The summed E-state index contributed by atoms with van der Waals surface area (Å²) in [6.45, 7) is 12.8. The maximum absolute atomic E-state index is 12.4. The Morgan fingerprint density at radius 1 is 1.12 bits per heavy atom. The second-order valence-electron chi connectivity index (χ2n) is 10.3. The summed E-state index contributed by atoms with van der Waals surface area (Å²) in [6.07, 6.45) is 0.414. The molecule has 174 valence electrons. The average molecular weight is 442 g/mol. The lowest BCUT2D eigenvalue weighted by Gasteiger charge is -2.33. The van der Waals surface area contributed by atoms with Crippen LogP contribution >= 0.6 is 0 Å². The number of fused-ring (bicyclic) bond motifs is 1. The normalized spacial score (nSPS) is 22.4. The molecule has 3 N–H and O–H groups in total. The van der Waals surface area contributed by atoms with Crippen molar-refractivity contribution in [1.29, 1.82) is 0 Å². The fourth-order valence-corrected chi connectivity index (χ4v) is 4.30. The topological polar surface area (TPSA) is 99.8 Å². The number of nitrogens with one attached hydrogen (secondary N) is 1. The molecule has 2 aliphatic rings. The van der Waals surface area contributed by atoms with E-state index in [0.717, 1.165) is 61.8 Å². The third-order valence-corrected chi connectivity index (χ3v) is 6.05. The molecule has 0 unspecified atom stereocenters. The van der Waals surface area contributed by atoms with Crippen LogP contribution in [0.25, 0.3) is 10.9 Å². The highest BCUT2D eigenvalue weighted by molar-refractivity contribution is 5.92. The summed E-state index contributed by atoms with van der Waals surface area (Å²) in [5.41, 5.74) is 6.67. The van der Waals surface area contributed by atoms with Gasteiger partial charge in [-0.15, -0.1) is 0 Å². The fraction of sp³-hybridized carbons (Fsp3) is 0.609. The Hall–Kier alpha value is -2.81. The van der Waals surface area contributed by atoms with Crippen LogP contribution in [0.4, 0.5) is 22.2 Å². The first-order valence-electron chi connectivity index (χ1n) is 11.3. The highest BCUT2D eigenvalue weighted by atomic mass is 16.6. The van der Waals surface area contributed by atoms with Gasteiger partial charge >= 0.3 is 6.09 Å². The molecule has 4 rings (SSSR count). The molecular weight excluding hydrogens is 406 g/mol. The lowest BCUT2D eigenvalue weighted by Crippen LogP contribution is -2.49. The number of hydrogen-bond acceptors (Lipinski definition) is 8. The van der Waals surface area contributed by atoms with Gasteiger partial charge in [-0.05, 0) is 59.4 Å². The Bertz CT molecular complexity index is 998. The molecule has 2 fully saturated rings. The van der Waals surface area contributed by atoms with Crippen molar-refractivity contribution in [2.75, 3.05) is 61.8 Å². The van der Waals surface area contributed by atoms with Crippen LogP contribution in [0.3, 0.4) is 0 Å². The number of likely N-dealkylation sites (N-methyl/N-ethyl adjacent to an activating group) is 1. The van der Waals surface area contributed by atoms with E-state index in [-0.39, 0.29) is 6.09 Å². The van der Waals surface area contributed by atoms with Gasteiger partial charge in [0.25, 0.3) is 0 Å². The van der Waals surface area contributed by atoms with Crippen molar-refractivity contribution in [1.82, 2.24) is 20.2 Å². The van der Waals surface area contributed by atoms with E-state index >= 15 is 0 Å². The summed E-state index contributed by atoms with van der Waals surface area (Å²) in [4.78, 5) is 29.0. The molecule has 1 aromatic carbocycles. The second kappa shape index (κ2) is 8.27. The van der Waals surface area contributed by atoms with Crippen molar-refractivity contribution in [3.63, 3.8) is 0 Å². The van der Waals surface area contributed by atoms with E-state index in [9.17, 15) is 4.79 Å². The van der Waals surface area contributed by atoms with Crippen LogP contribution < -0.4 is 20.9 Å². The number of anilines is 3. The fourth-order valence-electron chi connectivity index (χ4n) is 4.30. The van der Waals surface area contributed by atoms with Gasteiger partial charge in [0, 0.05) is 50.3 Å². The summed E-state index contributed by atoms with van der Waals surface area (Å²) >= 11 is 0. The van der Waals surface area contributed by atoms with Gasteiger partial charge in [-0.1, -0.05) is 0 Å². The maximum Gasteiger partial charge on any atom is 0.408 e. The lowest BCUT2D eigenvalue weighted by atomic mass is 10.0. The van der Waals surface area contributed by atoms with Gasteiger partial charge in [0.1, 0.15) is 11.4 Å². The van der Waals surface area contributed by atoms with E-state index in [4.69, 9.17) is 20.4 Å². The smallest absolute Gasteiger partial charge is 0.408 e. The first-order chi connectivity index (χ1) is 15.0. The first-order valence-corrected chi connectivity index (χ1v) is 11.3. The molecule has 9 nitrogen and oxygen atoms in total. The number of nitrogens with two attached hydrogens (primary N) is 1. The minimum atomic E-state index is -0.529. The van der Waals surface area contributed by atoms with Crippen molar-refractivity contribution in [3.05, 3.63) is 18.2 Å². The molecule has 9 heteroatoms. The molecule has 2 aromatic rings. The SMILES string of the molecule is CN1CCN(c2nc(N3CC[C@@](C)(NC(=O)OC(C)(C)C)C3)c3ccc(N)cc3n2)CC1. The first kappa shape index (κ1) is 22.4. The number of rotatable bonds is 3. The van der Waals surface area contributed by atoms with E-state index in [1.54, 1.807) is 0 Å². The van der Waals surface area contributed by atoms with Crippen LogP contribution in [0.15, 0.2) is 18.2 Å². The van der Waals surface area contributed by atoms with Crippen molar-refractivity contribution in [2.24, 2.45) is 0 Å². The standard InChI is InChI=1S/C23H35N7O2/c1-22(2,3)32-21(31)27-23(4)8-9-30(15-23)19-17-7-6-16(24)14-18(17)25-20(26-19)29-12-10-28(5)11-13-29/h6-7,14H,8-13,15,24H2,1-5H3,(H,27,31)/t23-/m1/s1. The quantitative estimate of drug-likeness (QED) is 0.701. The third-order valence-electron chi connectivity index (χ3n) is 6.05.